The van der Waals surface area contributed by atoms with Crippen LogP contribution in [0.25, 0.3) is 0 Å². The van der Waals surface area contributed by atoms with Crippen molar-refractivity contribution >= 4 is 34.8 Å². The highest BCUT2D eigenvalue weighted by Crippen LogP contribution is 2.26. The van der Waals surface area contributed by atoms with Gasteiger partial charge in [0.1, 0.15) is 0 Å². The van der Waals surface area contributed by atoms with E-state index in [-0.39, 0.29) is 6.04 Å². The lowest BCUT2D eigenvalue weighted by Gasteiger charge is -2.19. The number of rotatable bonds is 5. The Morgan fingerprint density at radius 2 is 1.86 bits per heavy atom. The number of benzene rings is 2. The summed E-state index contributed by atoms with van der Waals surface area (Å²) in [5, 5.41) is 4.44. The normalized spacial score (nSPS) is 12.0. The zero-order valence-electron chi connectivity index (χ0n) is 11.6. The van der Waals surface area contributed by atoms with Crippen LogP contribution >= 0.6 is 23.2 Å². The highest BCUT2D eigenvalue weighted by Gasteiger charge is 2.12. The molecule has 0 fully saturated rings. The Bertz CT molecular complexity index is 641. The predicted molar refractivity (Wildman–Crippen MR) is 88.1 cm³/mol. The third kappa shape index (κ3) is 3.90. The van der Waals surface area contributed by atoms with Crippen LogP contribution in [-0.4, -0.2) is 5.91 Å². The summed E-state index contributed by atoms with van der Waals surface area (Å²) < 4.78 is 0. The Kier molecular flexibility index (Phi) is 5.10. The van der Waals surface area contributed by atoms with Gasteiger partial charge in [0, 0.05) is 10.7 Å². The van der Waals surface area contributed by atoms with Crippen LogP contribution in [0.4, 0.5) is 5.69 Å². The predicted octanol–water partition coefficient (Wildman–Crippen LogP) is 4.66. The summed E-state index contributed by atoms with van der Waals surface area (Å²) in [6.07, 6.45) is 0.885. The minimum atomic E-state index is -0.539. The minimum Gasteiger partial charge on any atom is -0.378 e. The molecule has 3 nitrogen and oxygen atoms in total. The van der Waals surface area contributed by atoms with Gasteiger partial charge in [-0.2, -0.15) is 0 Å². The van der Waals surface area contributed by atoms with Crippen LogP contribution in [0, 0.1) is 0 Å². The quantitative estimate of drug-likeness (QED) is 0.841. The SMILES string of the molecule is CCC(Nc1ccc(Cl)c(C(N)=O)c1)c1ccc(Cl)cc1. The first-order chi connectivity index (χ1) is 10.0. The third-order valence-electron chi connectivity index (χ3n) is 3.25. The molecule has 0 saturated carbocycles. The van der Waals surface area contributed by atoms with Gasteiger partial charge in [-0.15, -0.1) is 0 Å². The average Bonchev–Trinajstić information content (AvgIpc) is 2.47. The molecule has 0 spiro atoms. The van der Waals surface area contributed by atoms with Gasteiger partial charge in [0.15, 0.2) is 0 Å². The Balaban J connectivity index is 2.24. The van der Waals surface area contributed by atoms with E-state index in [2.05, 4.69) is 12.2 Å². The number of carbonyl (C=O) groups is 1. The zero-order chi connectivity index (χ0) is 15.4. The van der Waals surface area contributed by atoms with E-state index >= 15 is 0 Å². The number of primary amides is 1. The van der Waals surface area contributed by atoms with Crippen LogP contribution < -0.4 is 11.1 Å². The largest absolute Gasteiger partial charge is 0.378 e. The fourth-order valence-corrected chi connectivity index (χ4v) is 2.46. The molecule has 0 aliphatic rings. The van der Waals surface area contributed by atoms with E-state index in [1.54, 1.807) is 12.1 Å². The van der Waals surface area contributed by atoms with Gasteiger partial charge in [0.25, 0.3) is 0 Å². The molecule has 2 aromatic rings. The molecule has 110 valence electrons. The van der Waals surface area contributed by atoms with Gasteiger partial charge >= 0.3 is 0 Å². The highest BCUT2D eigenvalue weighted by atomic mass is 35.5. The monoisotopic (exact) mass is 322 g/mol. The van der Waals surface area contributed by atoms with Crippen LogP contribution in [-0.2, 0) is 0 Å². The van der Waals surface area contributed by atoms with Crippen LogP contribution in [0.2, 0.25) is 10.0 Å². The second-order valence-corrected chi connectivity index (χ2v) is 5.56. The first kappa shape index (κ1) is 15.7. The second-order valence-electron chi connectivity index (χ2n) is 4.72. The molecule has 0 heterocycles. The molecule has 1 unspecified atom stereocenters. The summed E-state index contributed by atoms with van der Waals surface area (Å²) in [6, 6.07) is 13.0. The highest BCUT2D eigenvalue weighted by molar-refractivity contribution is 6.33. The summed E-state index contributed by atoms with van der Waals surface area (Å²) >= 11 is 11.9. The molecule has 0 aliphatic carbocycles. The average molecular weight is 323 g/mol. The van der Waals surface area contributed by atoms with E-state index in [0.717, 1.165) is 17.7 Å². The lowest BCUT2D eigenvalue weighted by molar-refractivity contribution is 0.100. The van der Waals surface area contributed by atoms with Crippen molar-refractivity contribution in [3.63, 3.8) is 0 Å². The number of nitrogens with two attached hydrogens (primary N) is 1. The van der Waals surface area contributed by atoms with Gasteiger partial charge in [-0.3, -0.25) is 4.79 Å². The van der Waals surface area contributed by atoms with Crippen LogP contribution in [0.1, 0.15) is 35.3 Å². The molecule has 0 radical (unpaired) electrons. The van der Waals surface area contributed by atoms with E-state index < -0.39 is 5.91 Å². The molecule has 0 saturated heterocycles. The summed E-state index contributed by atoms with van der Waals surface area (Å²) in [5.74, 6) is -0.539. The summed E-state index contributed by atoms with van der Waals surface area (Å²) in [7, 11) is 0. The standard InChI is InChI=1S/C16H16Cl2N2O/c1-2-15(10-3-5-11(17)6-4-10)20-12-7-8-14(18)13(9-12)16(19)21/h3-9,15,20H,2H2,1H3,(H2,19,21). The maximum Gasteiger partial charge on any atom is 0.250 e. The topological polar surface area (TPSA) is 55.1 Å². The smallest absolute Gasteiger partial charge is 0.250 e. The van der Waals surface area contributed by atoms with Crippen LogP contribution in [0.3, 0.4) is 0 Å². The molecular formula is C16H16Cl2N2O. The molecule has 2 aromatic carbocycles. The number of halogens is 2. The first-order valence-electron chi connectivity index (χ1n) is 6.62. The van der Waals surface area contributed by atoms with Gasteiger partial charge in [-0.25, -0.2) is 0 Å². The van der Waals surface area contributed by atoms with Crippen molar-refractivity contribution in [3.05, 3.63) is 63.6 Å². The fourth-order valence-electron chi connectivity index (χ4n) is 2.12. The minimum absolute atomic E-state index is 0.115. The molecule has 0 aliphatic heterocycles. The number of carbonyl (C=O) groups excluding carboxylic acids is 1. The Hall–Kier alpha value is -1.71. The summed E-state index contributed by atoms with van der Waals surface area (Å²) in [5.41, 5.74) is 7.54. The van der Waals surface area contributed by atoms with Crippen LogP contribution in [0.5, 0.6) is 0 Å². The maximum atomic E-state index is 11.3. The van der Waals surface area contributed by atoms with Crippen molar-refractivity contribution in [2.75, 3.05) is 5.32 Å². The molecule has 5 heteroatoms. The lowest BCUT2D eigenvalue weighted by Crippen LogP contribution is -2.14. The van der Waals surface area contributed by atoms with Gasteiger partial charge < -0.3 is 11.1 Å². The number of amides is 1. The van der Waals surface area contributed by atoms with E-state index in [1.165, 1.54) is 0 Å². The van der Waals surface area contributed by atoms with Crippen molar-refractivity contribution in [2.45, 2.75) is 19.4 Å². The van der Waals surface area contributed by atoms with Gasteiger partial charge in [-0.05, 0) is 42.3 Å². The lowest BCUT2D eigenvalue weighted by atomic mass is 10.0. The first-order valence-corrected chi connectivity index (χ1v) is 7.38. The third-order valence-corrected chi connectivity index (χ3v) is 3.83. The Labute approximate surface area is 134 Å². The molecule has 3 N–H and O–H groups in total. The van der Waals surface area contributed by atoms with Crippen molar-refractivity contribution in [1.82, 2.24) is 0 Å². The number of hydrogen-bond donors (Lipinski definition) is 2. The van der Waals surface area contributed by atoms with E-state index in [9.17, 15) is 4.79 Å². The number of nitrogens with one attached hydrogen (secondary N) is 1. The number of hydrogen-bond acceptors (Lipinski definition) is 2. The molecule has 0 bridgehead atoms. The van der Waals surface area contributed by atoms with Crippen LogP contribution in [0.15, 0.2) is 42.5 Å². The molecule has 21 heavy (non-hydrogen) atoms. The molecule has 1 amide bonds. The maximum absolute atomic E-state index is 11.3. The number of anilines is 1. The molecule has 2 rings (SSSR count). The van der Waals surface area contributed by atoms with Crippen molar-refractivity contribution < 1.29 is 4.79 Å². The van der Waals surface area contributed by atoms with Crippen molar-refractivity contribution in [1.29, 1.82) is 0 Å². The second kappa shape index (κ2) is 6.83. The molecule has 0 aromatic heterocycles. The van der Waals surface area contributed by atoms with E-state index in [4.69, 9.17) is 28.9 Å². The zero-order valence-corrected chi connectivity index (χ0v) is 13.1. The van der Waals surface area contributed by atoms with E-state index in [0.29, 0.717) is 15.6 Å². The van der Waals surface area contributed by atoms with Crippen molar-refractivity contribution in [3.8, 4) is 0 Å². The van der Waals surface area contributed by atoms with Gasteiger partial charge in [-0.1, -0.05) is 42.3 Å². The summed E-state index contributed by atoms with van der Waals surface area (Å²) in [4.78, 5) is 11.3. The summed E-state index contributed by atoms with van der Waals surface area (Å²) in [6.45, 7) is 2.08. The van der Waals surface area contributed by atoms with Gasteiger partial charge in [0.05, 0.1) is 16.6 Å². The van der Waals surface area contributed by atoms with E-state index in [1.807, 2.05) is 30.3 Å². The van der Waals surface area contributed by atoms with Gasteiger partial charge in [0.2, 0.25) is 5.91 Å². The Morgan fingerprint density at radius 1 is 1.19 bits per heavy atom. The molecule has 1 atom stereocenters. The Morgan fingerprint density at radius 3 is 2.43 bits per heavy atom. The molecular weight excluding hydrogens is 307 g/mol. The van der Waals surface area contributed by atoms with Crippen molar-refractivity contribution in [2.24, 2.45) is 5.73 Å². The fraction of sp³-hybridized carbons (Fsp3) is 0.188.